The molecule has 1 aliphatic rings. The molecule has 21 heavy (non-hydrogen) atoms. The Morgan fingerprint density at radius 3 is 1.67 bits per heavy atom. The molecule has 0 bridgehead atoms. The molecule has 0 aromatic carbocycles. The molecular formula is C20H40Ge. The first-order chi connectivity index (χ1) is 10.3. The maximum atomic E-state index is 2.89. The molecule has 0 atom stereocenters. The second-order valence-electron chi connectivity index (χ2n) is 7.43. The average Bonchev–Trinajstić information content (AvgIpc) is 2.54. The number of rotatable bonds is 11. The van der Waals surface area contributed by atoms with E-state index in [1.807, 2.05) is 0 Å². The van der Waals surface area contributed by atoms with E-state index in [9.17, 15) is 0 Å². The van der Waals surface area contributed by atoms with Gasteiger partial charge in [-0.2, -0.15) is 0 Å². The maximum absolute atomic E-state index is 2.89. The summed E-state index contributed by atoms with van der Waals surface area (Å²) >= 11 is -1.70. The number of hydrogen-bond donors (Lipinski definition) is 0. The van der Waals surface area contributed by atoms with Gasteiger partial charge >= 0.3 is 137 Å². The van der Waals surface area contributed by atoms with Crippen molar-refractivity contribution in [1.29, 1.82) is 0 Å². The summed E-state index contributed by atoms with van der Waals surface area (Å²) < 4.78 is 0. The van der Waals surface area contributed by atoms with Crippen LogP contribution in [0.25, 0.3) is 0 Å². The van der Waals surface area contributed by atoms with Crippen molar-refractivity contribution >= 4 is 13.3 Å². The molecule has 0 spiro atoms. The van der Waals surface area contributed by atoms with Gasteiger partial charge in [-0.3, -0.25) is 0 Å². The first-order valence-corrected chi connectivity index (χ1v) is 15.6. The molecule has 1 saturated carbocycles. The van der Waals surface area contributed by atoms with Gasteiger partial charge in [0, 0.05) is 0 Å². The third kappa shape index (κ3) is 7.91. The van der Waals surface area contributed by atoms with Crippen molar-refractivity contribution in [3.05, 3.63) is 11.0 Å². The van der Waals surface area contributed by atoms with Crippen LogP contribution in [0.1, 0.15) is 91.4 Å². The molecule has 0 aliphatic heterocycles. The summed E-state index contributed by atoms with van der Waals surface area (Å²) in [7, 11) is 0. The molecule has 1 rings (SSSR count). The molecule has 124 valence electrons. The van der Waals surface area contributed by atoms with Crippen molar-refractivity contribution in [3.63, 3.8) is 0 Å². The van der Waals surface area contributed by atoms with Crippen molar-refractivity contribution in [1.82, 2.24) is 0 Å². The van der Waals surface area contributed by atoms with E-state index in [2.05, 4.69) is 31.8 Å². The second kappa shape index (κ2) is 11.8. The van der Waals surface area contributed by atoms with E-state index in [-0.39, 0.29) is 0 Å². The minimum absolute atomic E-state index is 0.939. The summed E-state index contributed by atoms with van der Waals surface area (Å²) in [6, 6.07) is 0. The predicted octanol–water partition coefficient (Wildman–Crippen LogP) is 7.51. The normalized spacial score (nSPS) is 17.7. The zero-order chi connectivity index (χ0) is 15.4. The molecule has 0 amide bonds. The van der Waals surface area contributed by atoms with Gasteiger partial charge in [-0.1, -0.05) is 0 Å². The Labute approximate surface area is 137 Å². The third-order valence-corrected chi connectivity index (χ3v) is 15.8. The molecule has 0 N–H and O–H groups in total. The second-order valence-corrected chi connectivity index (χ2v) is 17.0. The molecule has 1 heteroatoms. The summed E-state index contributed by atoms with van der Waals surface area (Å²) in [4.78, 5) is 2.89. The van der Waals surface area contributed by atoms with Crippen LogP contribution in [0.4, 0.5) is 0 Å². The van der Waals surface area contributed by atoms with Crippen LogP contribution in [0.15, 0.2) is 11.0 Å². The molecule has 0 aromatic heterocycles. The Balaban J connectivity index is 2.70. The molecule has 0 radical (unpaired) electrons. The minimum atomic E-state index is -1.70. The van der Waals surface area contributed by atoms with Crippen LogP contribution < -0.4 is 0 Å². The van der Waals surface area contributed by atoms with Crippen molar-refractivity contribution in [2.24, 2.45) is 5.92 Å². The van der Waals surface area contributed by atoms with Crippen LogP contribution in [0.5, 0.6) is 0 Å². The molecule has 0 aromatic rings. The van der Waals surface area contributed by atoms with Crippen molar-refractivity contribution in [2.75, 3.05) is 0 Å². The molecular weight excluding hydrogens is 313 g/mol. The zero-order valence-electron chi connectivity index (χ0n) is 15.1. The van der Waals surface area contributed by atoms with Crippen LogP contribution in [-0.4, -0.2) is 13.3 Å². The standard InChI is InChI=1S/C20H40Ge/c1-4-7-16-21(17-8-5-2,18-9-6-3)19-15-20-13-11-10-12-14-20/h15,19-20H,4-14,16-18H2,1-3H3/b19-15+. The molecule has 1 aliphatic carbocycles. The number of allylic oxidation sites excluding steroid dienone is 1. The molecule has 0 unspecified atom stereocenters. The SMILES string of the molecule is CCC[CH2][Ge](/[CH]=C/C1CCCCC1)([CH2]CCC)[CH2]CCC. The first-order valence-electron chi connectivity index (χ1n) is 9.95. The van der Waals surface area contributed by atoms with Gasteiger partial charge in [0.2, 0.25) is 0 Å². The van der Waals surface area contributed by atoms with Gasteiger partial charge in [0.25, 0.3) is 0 Å². The van der Waals surface area contributed by atoms with Gasteiger partial charge < -0.3 is 0 Å². The van der Waals surface area contributed by atoms with E-state index in [0.717, 1.165) is 5.92 Å². The Kier molecular flexibility index (Phi) is 10.9. The zero-order valence-corrected chi connectivity index (χ0v) is 17.2. The van der Waals surface area contributed by atoms with Crippen LogP contribution in [0, 0.1) is 5.92 Å². The molecule has 0 saturated heterocycles. The van der Waals surface area contributed by atoms with E-state index in [4.69, 9.17) is 0 Å². The summed E-state index contributed by atoms with van der Waals surface area (Å²) in [5.74, 6) is 0.939. The number of hydrogen-bond acceptors (Lipinski definition) is 0. The number of unbranched alkanes of at least 4 members (excludes halogenated alkanes) is 3. The Morgan fingerprint density at radius 1 is 0.762 bits per heavy atom. The summed E-state index contributed by atoms with van der Waals surface area (Å²) in [5, 5.41) is 4.83. The predicted molar refractivity (Wildman–Crippen MR) is 101 cm³/mol. The molecule has 1 fully saturated rings. The van der Waals surface area contributed by atoms with Gasteiger partial charge in [-0.15, -0.1) is 0 Å². The van der Waals surface area contributed by atoms with Gasteiger partial charge in [-0.25, -0.2) is 0 Å². The third-order valence-electron chi connectivity index (χ3n) is 5.46. The van der Waals surface area contributed by atoms with Crippen LogP contribution in [0.3, 0.4) is 0 Å². The van der Waals surface area contributed by atoms with Crippen LogP contribution in [-0.2, 0) is 0 Å². The Bertz CT molecular complexity index is 241. The quantitative estimate of drug-likeness (QED) is 0.337. The van der Waals surface area contributed by atoms with Crippen LogP contribution in [0.2, 0.25) is 15.8 Å². The fourth-order valence-corrected chi connectivity index (χ4v) is 14.6. The van der Waals surface area contributed by atoms with Gasteiger partial charge in [0.1, 0.15) is 0 Å². The summed E-state index contributed by atoms with van der Waals surface area (Å²) in [6.45, 7) is 7.12. The Morgan fingerprint density at radius 2 is 1.24 bits per heavy atom. The van der Waals surface area contributed by atoms with E-state index in [1.54, 1.807) is 15.8 Å². The average molecular weight is 353 g/mol. The van der Waals surface area contributed by atoms with Gasteiger partial charge in [0.15, 0.2) is 0 Å². The van der Waals surface area contributed by atoms with Crippen molar-refractivity contribution in [3.8, 4) is 0 Å². The van der Waals surface area contributed by atoms with Crippen LogP contribution >= 0.6 is 0 Å². The van der Waals surface area contributed by atoms with E-state index >= 15 is 0 Å². The fourth-order valence-electron chi connectivity index (χ4n) is 3.88. The van der Waals surface area contributed by atoms with E-state index in [0.29, 0.717) is 0 Å². The topological polar surface area (TPSA) is 0 Å². The summed E-state index contributed by atoms with van der Waals surface area (Å²) in [5.41, 5.74) is 0. The molecule has 0 heterocycles. The van der Waals surface area contributed by atoms with E-state index < -0.39 is 13.3 Å². The Hall–Kier alpha value is 0.283. The monoisotopic (exact) mass is 354 g/mol. The van der Waals surface area contributed by atoms with Crippen molar-refractivity contribution < 1.29 is 0 Å². The van der Waals surface area contributed by atoms with Gasteiger partial charge in [-0.05, 0) is 0 Å². The first kappa shape index (κ1) is 19.3. The van der Waals surface area contributed by atoms with E-state index in [1.165, 1.54) is 70.6 Å². The molecule has 0 nitrogen and oxygen atoms in total. The van der Waals surface area contributed by atoms with Gasteiger partial charge in [0.05, 0.1) is 0 Å². The fraction of sp³-hybridized carbons (Fsp3) is 0.900. The summed E-state index contributed by atoms with van der Waals surface area (Å²) in [6.07, 6.45) is 18.8. The van der Waals surface area contributed by atoms with Crippen molar-refractivity contribution in [2.45, 2.75) is 107 Å².